The molecule has 3 nitrogen and oxygen atoms in total. The number of aromatic nitrogens is 1. The second-order valence-electron chi connectivity index (χ2n) is 3.76. The van der Waals surface area contributed by atoms with E-state index < -0.39 is 18.3 Å². The van der Waals surface area contributed by atoms with Gasteiger partial charge >= 0.3 is 18.3 Å². The second kappa shape index (κ2) is 4.83. The van der Waals surface area contributed by atoms with E-state index in [1.807, 2.05) is 0 Å². The predicted octanol–water partition coefficient (Wildman–Crippen LogP) is 3.07. The Bertz CT molecular complexity index is 610. The summed E-state index contributed by atoms with van der Waals surface area (Å²) < 4.78 is 49.8. The smallest absolute Gasteiger partial charge is 0.319 e. The quantitative estimate of drug-likeness (QED) is 0.872. The summed E-state index contributed by atoms with van der Waals surface area (Å²) in [6.07, 6.45) is -2.65. The van der Waals surface area contributed by atoms with Gasteiger partial charge in [-0.15, -0.1) is 0 Å². The van der Waals surface area contributed by atoms with E-state index in [0.29, 0.717) is 5.39 Å². The predicted molar refractivity (Wildman–Crippen MR) is 61.3 cm³/mol. The van der Waals surface area contributed by atoms with Gasteiger partial charge in [-0.05, 0) is 12.1 Å². The minimum Gasteiger partial charge on any atom is -0.319 e. The lowest BCUT2D eigenvalue weighted by Gasteiger charge is -2.15. The summed E-state index contributed by atoms with van der Waals surface area (Å²) in [5.74, 6) is -6.79. The standard InChI is InChI=1S/C12H8F4N2O/c13-10(14)12(15,16)11(19)18-8-5-1-3-7-4-2-6-17-9(7)8/h1-6,10H,(H,18,19). The summed E-state index contributed by atoms with van der Waals surface area (Å²) in [5, 5.41) is 2.37. The molecule has 0 spiro atoms. The van der Waals surface area contributed by atoms with Crippen molar-refractivity contribution in [1.29, 1.82) is 0 Å². The first-order valence-corrected chi connectivity index (χ1v) is 5.24. The fourth-order valence-electron chi connectivity index (χ4n) is 1.51. The molecule has 0 aliphatic rings. The van der Waals surface area contributed by atoms with Crippen LogP contribution < -0.4 is 5.32 Å². The lowest BCUT2D eigenvalue weighted by atomic mass is 10.2. The topological polar surface area (TPSA) is 42.0 Å². The molecule has 0 unspecified atom stereocenters. The van der Waals surface area contributed by atoms with Crippen molar-refractivity contribution in [3.8, 4) is 0 Å². The molecule has 1 heterocycles. The Kier molecular flexibility index (Phi) is 3.37. The number of nitrogens with one attached hydrogen (secondary N) is 1. The second-order valence-corrected chi connectivity index (χ2v) is 3.76. The molecule has 7 heteroatoms. The third-order valence-corrected chi connectivity index (χ3v) is 2.46. The van der Waals surface area contributed by atoms with E-state index in [1.165, 1.54) is 18.3 Å². The molecule has 100 valence electrons. The molecule has 2 rings (SSSR count). The Balaban J connectivity index is 2.35. The zero-order chi connectivity index (χ0) is 14.0. The van der Waals surface area contributed by atoms with Gasteiger partial charge in [0.25, 0.3) is 0 Å². The molecule has 1 aromatic heterocycles. The Morgan fingerprint density at radius 2 is 1.89 bits per heavy atom. The number of carbonyl (C=O) groups is 1. The van der Waals surface area contributed by atoms with Gasteiger partial charge in [0, 0.05) is 11.6 Å². The van der Waals surface area contributed by atoms with Gasteiger partial charge in [-0.3, -0.25) is 9.78 Å². The van der Waals surface area contributed by atoms with E-state index in [4.69, 9.17) is 0 Å². The molecule has 0 saturated carbocycles. The van der Waals surface area contributed by atoms with Crippen LogP contribution in [0.25, 0.3) is 10.9 Å². The number of hydrogen-bond acceptors (Lipinski definition) is 2. The van der Waals surface area contributed by atoms with Crippen molar-refractivity contribution >= 4 is 22.5 Å². The highest BCUT2D eigenvalue weighted by molar-refractivity contribution is 6.03. The average Bonchev–Trinajstić information content (AvgIpc) is 2.39. The molecule has 0 aliphatic carbocycles. The molecule has 1 aromatic carbocycles. The number of nitrogens with zero attached hydrogens (tertiary/aromatic N) is 1. The van der Waals surface area contributed by atoms with Crippen LogP contribution in [0.15, 0.2) is 36.5 Å². The highest BCUT2D eigenvalue weighted by Gasteiger charge is 2.49. The van der Waals surface area contributed by atoms with Crippen LogP contribution in [-0.4, -0.2) is 23.2 Å². The van der Waals surface area contributed by atoms with Crippen LogP contribution in [0.5, 0.6) is 0 Å². The van der Waals surface area contributed by atoms with Crippen molar-refractivity contribution in [2.24, 2.45) is 0 Å². The summed E-state index contributed by atoms with van der Waals surface area (Å²) >= 11 is 0. The van der Waals surface area contributed by atoms with Crippen LogP contribution in [0.2, 0.25) is 0 Å². The molecular weight excluding hydrogens is 264 g/mol. The number of para-hydroxylation sites is 1. The van der Waals surface area contributed by atoms with Gasteiger partial charge in [-0.2, -0.15) is 8.78 Å². The Hall–Kier alpha value is -2.18. The third-order valence-electron chi connectivity index (χ3n) is 2.46. The first kappa shape index (κ1) is 13.3. The van der Waals surface area contributed by atoms with Crippen molar-refractivity contribution in [3.63, 3.8) is 0 Å². The highest BCUT2D eigenvalue weighted by atomic mass is 19.3. The number of alkyl halides is 4. The van der Waals surface area contributed by atoms with E-state index in [0.717, 1.165) is 0 Å². The molecule has 0 aliphatic heterocycles. The van der Waals surface area contributed by atoms with Gasteiger partial charge in [0.2, 0.25) is 0 Å². The van der Waals surface area contributed by atoms with E-state index in [2.05, 4.69) is 4.98 Å². The first-order chi connectivity index (χ1) is 8.93. The van der Waals surface area contributed by atoms with Crippen LogP contribution in [0, 0.1) is 0 Å². The van der Waals surface area contributed by atoms with Crippen molar-refractivity contribution < 1.29 is 22.4 Å². The number of hydrogen-bond donors (Lipinski definition) is 1. The van der Waals surface area contributed by atoms with Crippen LogP contribution in [-0.2, 0) is 4.79 Å². The maximum Gasteiger partial charge on any atom is 0.383 e. The lowest BCUT2D eigenvalue weighted by molar-refractivity contribution is -0.163. The van der Waals surface area contributed by atoms with Gasteiger partial charge < -0.3 is 5.32 Å². The number of fused-ring (bicyclic) bond motifs is 1. The molecule has 0 bridgehead atoms. The number of anilines is 1. The van der Waals surface area contributed by atoms with Crippen molar-refractivity contribution in [3.05, 3.63) is 36.5 Å². The van der Waals surface area contributed by atoms with Gasteiger partial charge in [0.1, 0.15) is 0 Å². The van der Waals surface area contributed by atoms with Crippen molar-refractivity contribution in [2.45, 2.75) is 12.3 Å². The molecule has 0 radical (unpaired) electrons. The minimum atomic E-state index is -4.74. The van der Waals surface area contributed by atoms with Crippen molar-refractivity contribution in [1.82, 2.24) is 4.98 Å². The van der Waals surface area contributed by atoms with E-state index in [-0.39, 0.29) is 11.2 Å². The molecule has 0 atom stereocenters. The molecule has 1 N–H and O–H groups in total. The summed E-state index contributed by atoms with van der Waals surface area (Å²) in [6, 6.07) is 7.75. The zero-order valence-corrected chi connectivity index (χ0v) is 9.41. The fourth-order valence-corrected chi connectivity index (χ4v) is 1.51. The van der Waals surface area contributed by atoms with Gasteiger partial charge in [-0.1, -0.05) is 18.2 Å². The number of pyridine rings is 1. The maximum absolute atomic E-state index is 12.8. The third kappa shape index (κ3) is 2.49. The molecule has 0 fully saturated rings. The number of carbonyl (C=O) groups excluding carboxylic acids is 1. The summed E-state index contributed by atoms with van der Waals surface area (Å²) in [6.45, 7) is 0. The largest absolute Gasteiger partial charge is 0.383 e. The molecule has 1 amide bonds. The average molecular weight is 272 g/mol. The van der Waals surface area contributed by atoms with Crippen molar-refractivity contribution in [2.75, 3.05) is 5.32 Å². The van der Waals surface area contributed by atoms with E-state index in [9.17, 15) is 22.4 Å². The Morgan fingerprint density at radius 1 is 1.21 bits per heavy atom. The Labute approximate surface area is 105 Å². The number of amides is 1. The lowest BCUT2D eigenvalue weighted by Crippen LogP contribution is -2.41. The highest BCUT2D eigenvalue weighted by Crippen LogP contribution is 2.27. The number of halogens is 4. The minimum absolute atomic E-state index is 0.0385. The van der Waals surface area contributed by atoms with Crippen LogP contribution >= 0.6 is 0 Å². The van der Waals surface area contributed by atoms with Crippen LogP contribution in [0.3, 0.4) is 0 Å². The van der Waals surface area contributed by atoms with E-state index in [1.54, 1.807) is 23.5 Å². The van der Waals surface area contributed by atoms with Gasteiger partial charge in [-0.25, -0.2) is 8.78 Å². The molecule has 19 heavy (non-hydrogen) atoms. The monoisotopic (exact) mass is 272 g/mol. The van der Waals surface area contributed by atoms with Crippen LogP contribution in [0.1, 0.15) is 0 Å². The summed E-state index contributed by atoms with van der Waals surface area (Å²) in [7, 11) is 0. The van der Waals surface area contributed by atoms with E-state index >= 15 is 0 Å². The zero-order valence-electron chi connectivity index (χ0n) is 9.41. The normalized spacial score (nSPS) is 11.8. The van der Waals surface area contributed by atoms with Gasteiger partial charge in [0.15, 0.2) is 0 Å². The summed E-state index contributed by atoms with van der Waals surface area (Å²) in [5.41, 5.74) is 0.215. The Morgan fingerprint density at radius 3 is 2.58 bits per heavy atom. The molecule has 0 saturated heterocycles. The SMILES string of the molecule is O=C(Nc1cccc2cccnc12)C(F)(F)C(F)F. The summed E-state index contributed by atoms with van der Waals surface area (Å²) in [4.78, 5) is 15.1. The van der Waals surface area contributed by atoms with Gasteiger partial charge in [0.05, 0.1) is 11.2 Å². The maximum atomic E-state index is 12.8. The molecular formula is C12H8F4N2O. The van der Waals surface area contributed by atoms with Crippen LogP contribution in [0.4, 0.5) is 23.2 Å². The number of rotatable bonds is 3. The number of benzene rings is 1. The fraction of sp³-hybridized carbons (Fsp3) is 0.167. The molecule has 2 aromatic rings. The first-order valence-electron chi connectivity index (χ1n) is 5.24.